The molecule has 17 heavy (non-hydrogen) atoms. The van der Waals surface area contributed by atoms with Gasteiger partial charge in [-0.2, -0.15) is 0 Å². The number of hydrogen-bond acceptors (Lipinski definition) is 4. The van der Waals surface area contributed by atoms with E-state index in [9.17, 15) is 5.11 Å². The number of aliphatic hydroxyl groups excluding tert-OH is 1. The van der Waals surface area contributed by atoms with E-state index in [0.29, 0.717) is 23.9 Å². The van der Waals surface area contributed by atoms with E-state index in [0.717, 1.165) is 17.9 Å². The molecule has 0 amide bonds. The molecule has 0 aromatic heterocycles. The summed E-state index contributed by atoms with van der Waals surface area (Å²) >= 11 is 0. The van der Waals surface area contributed by atoms with Gasteiger partial charge in [-0.25, -0.2) is 0 Å². The summed E-state index contributed by atoms with van der Waals surface area (Å²) in [5, 5.41) is 9.29. The summed E-state index contributed by atoms with van der Waals surface area (Å²) in [4.78, 5) is 0. The predicted molar refractivity (Wildman–Crippen MR) is 61.3 cm³/mol. The van der Waals surface area contributed by atoms with E-state index in [1.54, 1.807) is 12.1 Å². The fourth-order valence-corrected chi connectivity index (χ4v) is 1.97. The van der Waals surface area contributed by atoms with Crippen LogP contribution in [0.15, 0.2) is 12.1 Å². The summed E-state index contributed by atoms with van der Waals surface area (Å²) < 4.78 is 16.3. The molecule has 1 N–H and O–H groups in total. The van der Waals surface area contributed by atoms with Crippen LogP contribution in [0.3, 0.4) is 0 Å². The molecule has 1 aromatic carbocycles. The lowest BCUT2D eigenvalue weighted by atomic mass is 10.2. The first-order chi connectivity index (χ1) is 8.36. The van der Waals surface area contributed by atoms with Gasteiger partial charge in [-0.1, -0.05) is 12.8 Å². The van der Waals surface area contributed by atoms with Crippen molar-refractivity contribution in [1.29, 1.82) is 0 Å². The van der Waals surface area contributed by atoms with E-state index in [4.69, 9.17) is 14.2 Å². The smallest absolute Gasteiger partial charge is 0.231 e. The Morgan fingerprint density at radius 3 is 2.71 bits per heavy atom. The minimum Gasteiger partial charge on any atom is -0.493 e. The molecular weight excluding hydrogens is 220 g/mol. The monoisotopic (exact) mass is 236 g/mol. The quantitative estimate of drug-likeness (QED) is 0.850. The largest absolute Gasteiger partial charge is 0.493 e. The molecule has 0 atom stereocenters. The standard InChI is InChI=1S/C13H16O4/c14-7-10-5-12-13(17-8-16-12)6-11(10)15-4-3-9-1-2-9/h5-6,9,14H,1-4,7-8H2. The summed E-state index contributed by atoms with van der Waals surface area (Å²) in [5.41, 5.74) is 0.755. The number of rotatable bonds is 5. The van der Waals surface area contributed by atoms with E-state index in [1.807, 2.05) is 0 Å². The zero-order valence-corrected chi connectivity index (χ0v) is 9.65. The third-order valence-corrected chi connectivity index (χ3v) is 3.21. The van der Waals surface area contributed by atoms with Crippen molar-refractivity contribution in [2.75, 3.05) is 13.4 Å². The van der Waals surface area contributed by atoms with Gasteiger partial charge in [0.05, 0.1) is 13.2 Å². The second-order valence-electron chi connectivity index (χ2n) is 4.55. The molecule has 1 aliphatic carbocycles. The number of benzene rings is 1. The van der Waals surface area contributed by atoms with Crippen LogP contribution in [-0.2, 0) is 6.61 Å². The van der Waals surface area contributed by atoms with Gasteiger partial charge in [-0.3, -0.25) is 0 Å². The molecule has 1 aliphatic heterocycles. The summed E-state index contributed by atoms with van der Waals surface area (Å²) in [7, 11) is 0. The first-order valence-electron chi connectivity index (χ1n) is 6.03. The SMILES string of the molecule is OCc1cc2c(cc1OCCC1CC1)OCO2. The predicted octanol–water partition coefficient (Wildman–Crippen LogP) is 2.09. The van der Waals surface area contributed by atoms with Crippen molar-refractivity contribution in [3.8, 4) is 17.2 Å². The van der Waals surface area contributed by atoms with Crippen LogP contribution in [0.4, 0.5) is 0 Å². The van der Waals surface area contributed by atoms with Crippen LogP contribution in [0.2, 0.25) is 0 Å². The molecule has 0 saturated heterocycles. The van der Waals surface area contributed by atoms with E-state index in [2.05, 4.69) is 0 Å². The Morgan fingerprint density at radius 2 is 2.00 bits per heavy atom. The summed E-state index contributed by atoms with van der Waals surface area (Å²) in [6, 6.07) is 3.59. The summed E-state index contributed by atoms with van der Waals surface area (Å²) in [6.07, 6.45) is 3.76. The number of aliphatic hydroxyl groups is 1. The first-order valence-corrected chi connectivity index (χ1v) is 6.03. The fraction of sp³-hybridized carbons (Fsp3) is 0.538. The molecule has 1 aromatic rings. The van der Waals surface area contributed by atoms with E-state index in [-0.39, 0.29) is 13.4 Å². The second-order valence-corrected chi connectivity index (χ2v) is 4.55. The highest BCUT2D eigenvalue weighted by Gasteiger charge is 2.22. The van der Waals surface area contributed by atoms with Crippen LogP contribution >= 0.6 is 0 Å². The van der Waals surface area contributed by atoms with Crippen molar-refractivity contribution < 1.29 is 19.3 Å². The zero-order valence-electron chi connectivity index (χ0n) is 9.65. The third-order valence-electron chi connectivity index (χ3n) is 3.21. The van der Waals surface area contributed by atoms with Crippen molar-refractivity contribution in [3.63, 3.8) is 0 Å². The molecule has 2 aliphatic rings. The van der Waals surface area contributed by atoms with Gasteiger partial charge in [0.15, 0.2) is 11.5 Å². The molecule has 1 heterocycles. The second kappa shape index (κ2) is 4.45. The number of fused-ring (bicyclic) bond motifs is 1. The first kappa shape index (κ1) is 10.7. The molecule has 0 bridgehead atoms. The van der Waals surface area contributed by atoms with Crippen LogP contribution < -0.4 is 14.2 Å². The van der Waals surface area contributed by atoms with Gasteiger partial charge in [0, 0.05) is 11.6 Å². The Morgan fingerprint density at radius 1 is 1.24 bits per heavy atom. The van der Waals surface area contributed by atoms with E-state index in [1.165, 1.54) is 12.8 Å². The van der Waals surface area contributed by atoms with Crippen LogP contribution in [0, 0.1) is 5.92 Å². The Kier molecular flexibility index (Phi) is 2.81. The molecular formula is C13H16O4. The van der Waals surface area contributed by atoms with E-state index >= 15 is 0 Å². The maximum atomic E-state index is 9.29. The Hall–Kier alpha value is -1.42. The molecule has 3 rings (SSSR count). The molecule has 0 unspecified atom stereocenters. The van der Waals surface area contributed by atoms with Crippen molar-refractivity contribution in [1.82, 2.24) is 0 Å². The molecule has 92 valence electrons. The highest BCUT2D eigenvalue weighted by Crippen LogP contribution is 2.38. The maximum Gasteiger partial charge on any atom is 0.231 e. The Balaban J connectivity index is 1.71. The maximum absolute atomic E-state index is 9.29. The number of hydrogen-bond donors (Lipinski definition) is 1. The molecule has 4 nitrogen and oxygen atoms in total. The average molecular weight is 236 g/mol. The normalized spacial score (nSPS) is 17.2. The minimum absolute atomic E-state index is 0.0462. The summed E-state index contributed by atoms with van der Waals surface area (Å²) in [6.45, 7) is 0.901. The van der Waals surface area contributed by atoms with Crippen molar-refractivity contribution in [3.05, 3.63) is 17.7 Å². The average Bonchev–Trinajstić information content (AvgIpc) is 3.05. The fourth-order valence-electron chi connectivity index (χ4n) is 1.97. The van der Waals surface area contributed by atoms with Crippen molar-refractivity contribution in [2.24, 2.45) is 5.92 Å². The highest BCUT2D eigenvalue weighted by molar-refractivity contribution is 5.51. The van der Waals surface area contributed by atoms with Crippen LogP contribution in [-0.4, -0.2) is 18.5 Å². The topological polar surface area (TPSA) is 47.9 Å². The van der Waals surface area contributed by atoms with Crippen molar-refractivity contribution in [2.45, 2.75) is 25.9 Å². The minimum atomic E-state index is -0.0462. The van der Waals surface area contributed by atoms with Gasteiger partial charge in [-0.15, -0.1) is 0 Å². The van der Waals surface area contributed by atoms with Crippen LogP contribution in [0.1, 0.15) is 24.8 Å². The van der Waals surface area contributed by atoms with Gasteiger partial charge < -0.3 is 19.3 Å². The van der Waals surface area contributed by atoms with Crippen LogP contribution in [0.5, 0.6) is 17.2 Å². The molecule has 0 radical (unpaired) electrons. The Bertz CT molecular complexity index is 412. The van der Waals surface area contributed by atoms with Crippen molar-refractivity contribution >= 4 is 0 Å². The molecule has 0 spiro atoms. The van der Waals surface area contributed by atoms with Gasteiger partial charge in [0.2, 0.25) is 6.79 Å². The molecule has 4 heteroatoms. The van der Waals surface area contributed by atoms with E-state index < -0.39 is 0 Å². The highest BCUT2D eigenvalue weighted by atomic mass is 16.7. The Labute approximate surface area is 100 Å². The molecule has 1 fully saturated rings. The lowest BCUT2D eigenvalue weighted by Gasteiger charge is -2.10. The van der Waals surface area contributed by atoms with Gasteiger partial charge in [0.25, 0.3) is 0 Å². The molecule has 1 saturated carbocycles. The third kappa shape index (κ3) is 2.31. The summed E-state index contributed by atoms with van der Waals surface area (Å²) in [5.74, 6) is 2.94. The van der Waals surface area contributed by atoms with Gasteiger partial charge >= 0.3 is 0 Å². The zero-order chi connectivity index (χ0) is 11.7. The number of ether oxygens (including phenoxy) is 3. The van der Waals surface area contributed by atoms with Crippen LogP contribution in [0.25, 0.3) is 0 Å². The van der Waals surface area contributed by atoms with Gasteiger partial charge in [-0.05, 0) is 18.4 Å². The van der Waals surface area contributed by atoms with Gasteiger partial charge in [0.1, 0.15) is 5.75 Å². The lowest BCUT2D eigenvalue weighted by Crippen LogP contribution is -2.01. The lowest BCUT2D eigenvalue weighted by molar-refractivity contribution is 0.173.